The summed E-state index contributed by atoms with van der Waals surface area (Å²) >= 11 is 0. The lowest BCUT2D eigenvalue weighted by molar-refractivity contribution is -0.756. The van der Waals surface area contributed by atoms with Crippen LogP contribution in [0.2, 0.25) is 0 Å². The summed E-state index contributed by atoms with van der Waals surface area (Å²) in [6.07, 6.45) is 8.03. The average Bonchev–Trinajstić information content (AvgIpc) is 2.97. The first kappa shape index (κ1) is 14.9. The Bertz CT molecular complexity index is 736. The van der Waals surface area contributed by atoms with E-state index in [4.69, 9.17) is 0 Å². The molecule has 0 radical (unpaired) electrons. The quantitative estimate of drug-likeness (QED) is 0.568. The van der Waals surface area contributed by atoms with Crippen molar-refractivity contribution in [1.29, 1.82) is 0 Å². The van der Waals surface area contributed by atoms with Gasteiger partial charge in [0.2, 0.25) is 0 Å². The average molecular weight is 321 g/mol. The van der Waals surface area contributed by atoms with E-state index in [9.17, 15) is 13.0 Å². The Labute approximate surface area is 128 Å². The Morgan fingerprint density at radius 2 is 2.14 bits per heavy atom. The maximum absolute atomic E-state index is 11.2. The van der Waals surface area contributed by atoms with Crippen LogP contribution in [0.15, 0.2) is 36.9 Å². The van der Waals surface area contributed by atoms with Gasteiger partial charge in [-0.15, -0.1) is 0 Å². The van der Waals surface area contributed by atoms with Gasteiger partial charge in [0.05, 0.1) is 6.04 Å². The molecule has 1 fully saturated rings. The molecular weight excluding hydrogens is 306 g/mol. The van der Waals surface area contributed by atoms with Gasteiger partial charge in [0.1, 0.15) is 6.20 Å². The molecule has 0 saturated carbocycles. The van der Waals surface area contributed by atoms with Crippen molar-refractivity contribution >= 4 is 10.3 Å². The van der Waals surface area contributed by atoms with Gasteiger partial charge in [0.15, 0.2) is 28.9 Å². The van der Waals surface area contributed by atoms with Gasteiger partial charge in [0.25, 0.3) is 0 Å². The fraction of sp³-hybridized carbons (Fsp3) is 0.385. The fourth-order valence-corrected chi connectivity index (χ4v) is 3.46. The van der Waals surface area contributed by atoms with Gasteiger partial charge in [0, 0.05) is 30.6 Å². The molecule has 1 aliphatic heterocycles. The second-order valence-electron chi connectivity index (χ2n) is 5.07. The molecule has 1 saturated heterocycles. The molecule has 116 valence electrons. The number of nitrogens with zero attached hydrogens (tertiary/aromatic N) is 5. The van der Waals surface area contributed by atoms with Crippen molar-refractivity contribution in [2.24, 2.45) is 0 Å². The van der Waals surface area contributed by atoms with Crippen molar-refractivity contribution < 1.29 is 17.7 Å². The third kappa shape index (κ3) is 3.26. The number of rotatable bonds is 4. The normalized spacial score (nSPS) is 19.4. The molecule has 0 aromatic carbocycles. The van der Waals surface area contributed by atoms with Crippen LogP contribution in [0.3, 0.4) is 0 Å². The number of hydrogen-bond donors (Lipinski definition) is 0. The molecule has 22 heavy (non-hydrogen) atoms. The first-order valence-corrected chi connectivity index (χ1v) is 8.26. The lowest BCUT2D eigenvalue weighted by Crippen LogP contribution is -2.48. The highest BCUT2D eigenvalue weighted by Gasteiger charge is 2.32. The van der Waals surface area contributed by atoms with Crippen LogP contribution < -0.4 is 4.68 Å². The summed E-state index contributed by atoms with van der Waals surface area (Å²) < 4.78 is 36.2. The zero-order valence-corrected chi connectivity index (χ0v) is 12.6. The van der Waals surface area contributed by atoms with Crippen LogP contribution in [-0.2, 0) is 16.8 Å². The maximum Gasteiger partial charge on any atom is 0.197 e. The van der Waals surface area contributed by atoms with Crippen LogP contribution in [0.25, 0.3) is 11.4 Å². The van der Waals surface area contributed by atoms with Gasteiger partial charge in [-0.25, -0.2) is 22.7 Å². The van der Waals surface area contributed by atoms with E-state index in [1.807, 2.05) is 6.07 Å². The summed E-state index contributed by atoms with van der Waals surface area (Å²) in [4.78, 5) is 8.27. The van der Waals surface area contributed by atoms with E-state index in [2.05, 4.69) is 15.1 Å². The maximum atomic E-state index is 11.2. The summed E-state index contributed by atoms with van der Waals surface area (Å²) in [5.74, 6) is 0.576. The lowest BCUT2D eigenvalue weighted by Gasteiger charge is -2.24. The highest BCUT2D eigenvalue weighted by molar-refractivity contribution is 7.83. The Morgan fingerprint density at radius 3 is 2.77 bits per heavy atom. The molecule has 9 heteroatoms. The van der Waals surface area contributed by atoms with Crippen LogP contribution in [0.4, 0.5) is 0 Å². The molecule has 0 amide bonds. The summed E-state index contributed by atoms with van der Waals surface area (Å²) in [7, 11) is -4.40. The summed E-state index contributed by atoms with van der Waals surface area (Å²) in [5, 5.41) is 4.25. The molecule has 2 aromatic rings. The molecule has 3 heterocycles. The van der Waals surface area contributed by atoms with E-state index in [0.717, 1.165) is 9.87 Å². The number of hydrogen-bond acceptors (Lipinski definition) is 6. The molecule has 0 N–H and O–H groups in total. The third-order valence-electron chi connectivity index (χ3n) is 3.60. The minimum Gasteiger partial charge on any atom is -0.735 e. The molecule has 3 rings (SSSR count). The zero-order chi connectivity index (χ0) is 15.6. The van der Waals surface area contributed by atoms with Gasteiger partial charge in [-0.1, -0.05) is 4.68 Å². The molecule has 0 bridgehead atoms. The molecule has 8 nitrogen and oxygen atoms in total. The molecule has 0 aliphatic carbocycles. The van der Waals surface area contributed by atoms with Crippen molar-refractivity contribution in [2.45, 2.75) is 25.4 Å². The second kappa shape index (κ2) is 6.03. The lowest BCUT2D eigenvalue weighted by atomic mass is 10.2. The Morgan fingerprint density at radius 1 is 1.36 bits per heavy atom. The van der Waals surface area contributed by atoms with Gasteiger partial charge >= 0.3 is 0 Å². The smallest absolute Gasteiger partial charge is 0.197 e. The fourth-order valence-electron chi connectivity index (χ4n) is 2.57. The topological polar surface area (TPSA) is 103 Å². The van der Waals surface area contributed by atoms with Crippen molar-refractivity contribution in [1.82, 2.24) is 19.4 Å². The molecule has 1 unspecified atom stereocenters. The number of aromatic nitrogens is 4. The molecular formula is C13H15N5O3S. The summed E-state index contributed by atoms with van der Waals surface area (Å²) in [5.41, 5.74) is 0.775. The van der Waals surface area contributed by atoms with Crippen LogP contribution in [0.1, 0.15) is 12.8 Å². The van der Waals surface area contributed by atoms with Crippen molar-refractivity contribution in [3.05, 3.63) is 36.9 Å². The van der Waals surface area contributed by atoms with Crippen molar-refractivity contribution in [2.75, 3.05) is 6.54 Å². The van der Waals surface area contributed by atoms with Crippen LogP contribution in [-0.4, -0.2) is 44.9 Å². The van der Waals surface area contributed by atoms with E-state index in [1.165, 1.54) is 0 Å². The van der Waals surface area contributed by atoms with E-state index in [0.29, 0.717) is 25.2 Å². The van der Waals surface area contributed by atoms with Gasteiger partial charge in [-0.3, -0.25) is 0 Å². The molecule has 1 atom stereocenters. The predicted molar refractivity (Wildman–Crippen MR) is 74.9 cm³/mol. The molecule has 2 aromatic heterocycles. The van der Waals surface area contributed by atoms with E-state index in [-0.39, 0.29) is 12.6 Å². The van der Waals surface area contributed by atoms with E-state index in [1.54, 1.807) is 35.5 Å². The van der Waals surface area contributed by atoms with Gasteiger partial charge < -0.3 is 4.55 Å². The minimum absolute atomic E-state index is 0.285. The molecule has 0 spiro atoms. The van der Waals surface area contributed by atoms with Crippen LogP contribution >= 0.6 is 0 Å². The predicted octanol–water partition coefficient (Wildman–Crippen LogP) is -0.249. The van der Waals surface area contributed by atoms with Crippen LogP contribution in [0.5, 0.6) is 0 Å². The standard InChI is InChI=1S/C13H15N5O3S/c19-22(20,21)18-7-1-3-12(18)10-17-8-4-11(9-16-17)13-14-5-2-6-15-13/h2,4-6,8-9,12H,1,3,7,10H2. The molecule has 1 aliphatic rings. The first-order valence-electron chi connectivity index (χ1n) is 6.90. The van der Waals surface area contributed by atoms with Gasteiger partial charge in [-0.05, 0) is 24.0 Å². The highest BCUT2D eigenvalue weighted by Crippen LogP contribution is 2.20. The van der Waals surface area contributed by atoms with Crippen molar-refractivity contribution in [3.63, 3.8) is 0 Å². The van der Waals surface area contributed by atoms with Crippen LogP contribution in [0, 0.1) is 0 Å². The third-order valence-corrected chi connectivity index (χ3v) is 4.66. The zero-order valence-electron chi connectivity index (χ0n) is 11.7. The minimum atomic E-state index is -4.40. The highest BCUT2D eigenvalue weighted by atomic mass is 32.2. The second-order valence-corrected chi connectivity index (χ2v) is 6.40. The monoisotopic (exact) mass is 321 g/mol. The van der Waals surface area contributed by atoms with E-state index < -0.39 is 10.3 Å². The first-order chi connectivity index (χ1) is 10.5. The van der Waals surface area contributed by atoms with Gasteiger partial charge in [-0.2, -0.15) is 0 Å². The largest absolute Gasteiger partial charge is 0.735 e. The van der Waals surface area contributed by atoms with Crippen molar-refractivity contribution in [3.8, 4) is 11.4 Å². The summed E-state index contributed by atoms with van der Waals surface area (Å²) in [6.45, 7) is 0.643. The Kier molecular flexibility index (Phi) is 4.10. The van der Waals surface area contributed by atoms with E-state index >= 15 is 0 Å². The SMILES string of the molecule is O=S(=O)([O-])N1CCCC1C[n+]1ccc(-c2ncccn2)cn1. The Balaban J connectivity index is 1.74. The summed E-state index contributed by atoms with van der Waals surface area (Å²) in [6, 6.07) is 3.21. The Hall–Kier alpha value is -1.97.